The highest BCUT2D eigenvalue weighted by Crippen LogP contribution is 2.40. The summed E-state index contributed by atoms with van der Waals surface area (Å²) in [6.45, 7) is 12.7. The van der Waals surface area contributed by atoms with Crippen LogP contribution in [0.5, 0.6) is 0 Å². The monoisotopic (exact) mass is 646 g/mol. The van der Waals surface area contributed by atoms with Gasteiger partial charge in [-0.3, -0.25) is 0 Å². The van der Waals surface area contributed by atoms with Crippen LogP contribution in [0.25, 0.3) is 78.6 Å². The Kier molecular flexibility index (Phi) is 7.14. The first-order valence-electron chi connectivity index (χ1n) is 16.5. The number of benzene rings is 3. The van der Waals surface area contributed by atoms with E-state index in [0.717, 1.165) is 78.0 Å². The zero-order valence-corrected chi connectivity index (χ0v) is 28.4. The highest BCUT2D eigenvalue weighted by molar-refractivity contribution is 6.01. The predicted octanol–water partition coefficient (Wildman–Crippen LogP) is 11.8. The van der Waals surface area contributed by atoms with Gasteiger partial charge < -0.3 is 15.0 Å². The number of aromatic amines is 3. The van der Waals surface area contributed by atoms with Crippen LogP contribution >= 0.6 is 0 Å². The smallest absolute Gasteiger partial charge is 0.134 e. The van der Waals surface area contributed by atoms with Crippen molar-refractivity contribution in [3.05, 3.63) is 135 Å². The second-order valence-electron chi connectivity index (χ2n) is 13.3. The summed E-state index contributed by atoms with van der Waals surface area (Å²) in [5, 5.41) is 0. The molecule has 0 saturated heterocycles. The Morgan fingerprint density at radius 1 is 0.408 bits per heavy atom. The number of aryl methyl sites for hydroxylation is 6. The Morgan fingerprint density at radius 3 is 1.27 bits per heavy atom. The van der Waals surface area contributed by atoms with E-state index in [2.05, 4.69) is 92.9 Å². The van der Waals surface area contributed by atoms with Crippen molar-refractivity contribution in [2.24, 2.45) is 0 Å². The van der Waals surface area contributed by atoms with Crippen LogP contribution in [0.2, 0.25) is 0 Å². The molecule has 7 aromatic rings. The molecule has 0 spiro atoms. The number of H-pyrrole nitrogens is 3. The van der Waals surface area contributed by atoms with Crippen LogP contribution in [-0.2, 0) is 0 Å². The molecule has 0 fully saturated rings. The molecular weight excluding hydrogens is 610 g/mol. The maximum absolute atomic E-state index is 15.8. The molecule has 8 rings (SSSR count). The van der Waals surface area contributed by atoms with Crippen LogP contribution in [0.1, 0.15) is 44.8 Å². The van der Waals surface area contributed by atoms with Gasteiger partial charge in [0.1, 0.15) is 11.6 Å². The molecule has 6 heteroatoms. The molecule has 242 valence electrons. The Labute approximate surface area is 283 Å². The third-order valence-electron chi connectivity index (χ3n) is 9.64. The average Bonchev–Trinajstić information content (AvgIpc) is 3.86. The van der Waals surface area contributed by atoms with Gasteiger partial charge in [-0.05, 0) is 136 Å². The van der Waals surface area contributed by atoms with E-state index in [4.69, 9.17) is 4.98 Å². The van der Waals surface area contributed by atoms with E-state index in [1.54, 1.807) is 0 Å². The standard InChI is InChI=1S/C43H36F2N4/c1-22-18-24(3)38(25(4)19-22)41-32-12-10-30(46-32)31-11-13-33(47-31)42(39-26(5)20-23(2)21-27(39)6)35-15-17-37(49-35)43(36-16-14-34(41)48-36)40-28(44)8-7-9-29(40)45/h7-21,46,48-49H,1-6H3. The van der Waals surface area contributed by atoms with E-state index in [1.807, 2.05) is 36.4 Å². The van der Waals surface area contributed by atoms with Crippen molar-refractivity contribution in [2.75, 3.05) is 0 Å². The summed E-state index contributed by atoms with van der Waals surface area (Å²) in [5.41, 5.74) is 17.5. The lowest BCUT2D eigenvalue weighted by atomic mass is 9.92. The molecule has 0 atom stereocenters. The maximum atomic E-state index is 15.8. The van der Waals surface area contributed by atoms with E-state index < -0.39 is 11.6 Å². The fraction of sp³-hybridized carbons (Fsp3) is 0.140. The molecule has 49 heavy (non-hydrogen) atoms. The van der Waals surface area contributed by atoms with Gasteiger partial charge in [-0.1, -0.05) is 41.5 Å². The van der Waals surface area contributed by atoms with Crippen LogP contribution < -0.4 is 0 Å². The van der Waals surface area contributed by atoms with Crippen LogP contribution in [0, 0.1) is 53.2 Å². The quantitative estimate of drug-likeness (QED) is 0.176. The van der Waals surface area contributed by atoms with Gasteiger partial charge in [0.2, 0.25) is 0 Å². The predicted molar refractivity (Wildman–Crippen MR) is 200 cm³/mol. The molecule has 4 aromatic heterocycles. The van der Waals surface area contributed by atoms with Crippen LogP contribution in [0.15, 0.2) is 78.9 Å². The summed E-state index contributed by atoms with van der Waals surface area (Å²) in [6, 6.07) is 24.7. The maximum Gasteiger partial charge on any atom is 0.134 e. The Morgan fingerprint density at radius 2 is 0.776 bits per heavy atom. The second kappa shape index (κ2) is 11.4. The molecule has 4 nitrogen and oxygen atoms in total. The highest BCUT2D eigenvalue weighted by Gasteiger charge is 2.20. The van der Waals surface area contributed by atoms with Crippen molar-refractivity contribution in [1.29, 1.82) is 0 Å². The van der Waals surface area contributed by atoms with Gasteiger partial charge in [0.15, 0.2) is 0 Å². The molecule has 0 saturated carbocycles. The number of rotatable bonds is 3. The normalized spacial score (nSPS) is 12.0. The van der Waals surface area contributed by atoms with Gasteiger partial charge in [0.05, 0.1) is 22.5 Å². The molecule has 0 radical (unpaired) electrons. The molecular formula is C43H36F2N4. The molecule has 0 amide bonds. The molecule has 1 aliphatic heterocycles. The van der Waals surface area contributed by atoms with Crippen LogP contribution in [-0.4, -0.2) is 19.9 Å². The molecule has 1 aliphatic rings. The van der Waals surface area contributed by atoms with Gasteiger partial charge in [-0.15, -0.1) is 0 Å². The third kappa shape index (κ3) is 5.06. The van der Waals surface area contributed by atoms with E-state index in [9.17, 15) is 0 Å². The largest absolute Gasteiger partial charge is 0.354 e. The van der Waals surface area contributed by atoms with E-state index in [0.29, 0.717) is 16.6 Å². The summed E-state index contributed by atoms with van der Waals surface area (Å²) in [6.07, 6.45) is 4.09. The average molecular weight is 647 g/mol. The summed E-state index contributed by atoms with van der Waals surface area (Å²) >= 11 is 0. The number of hydrogen-bond acceptors (Lipinski definition) is 1. The minimum Gasteiger partial charge on any atom is -0.354 e. The van der Waals surface area contributed by atoms with Crippen molar-refractivity contribution in [2.45, 2.75) is 41.5 Å². The lowest BCUT2D eigenvalue weighted by Gasteiger charge is -2.13. The van der Waals surface area contributed by atoms with Crippen molar-refractivity contribution < 1.29 is 8.78 Å². The van der Waals surface area contributed by atoms with E-state index in [-0.39, 0.29) is 5.56 Å². The first-order chi connectivity index (χ1) is 23.6. The van der Waals surface area contributed by atoms with Gasteiger partial charge in [0.25, 0.3) is 0 Å². The number of fused-ring (bicyclic) bond motifs is 9. The molecule has 0 unspecified atom stereocenters. The van der Waals surface area contributed by atoms with Gasteiger partial charge in [0, 0.05) is 44.3 Å². The van der Waals surface area contributed by atoms with Crippen LogP contribution in [0.3, 0.4) is 0 Å². The van der Waals surface area contributed by atoms with Crippen molar-refractivity contribution in [1.82, 2.24) is 19.9 Å². The zero-order chi connectivity index (χ0) is 34.1. The highest BCUT2D eigenvalue weighted by atomic mass is 19.1. The molecule has 3 aromatic carbocycles. The summed E-state index contributed by atoms with van der Waals surface area (Å²) in [4.78, 5) is 16.1. The van der Waals surface area contributed by atoms with Crippen molar-refractivity contribution in [3.63, 3.8) is 0 Å². The van der Waals surface area contributed by atoms with Gasteiger partial charge in [-0.2, -0.15) is 0 Å². The minimum atomic E-state index is -0.638. The van der Waals surface area contributed by atoms with E-state index in [1.165, 1.54) is 29.3 Å². The summed E-state index contributed by atoms with van der Waals surface area (Å²) in [5.74, 6) is -1.28. The lowest BCUT2D eigenvalue weighted by molar-refractivity contribution is 0.590. The first kappa shape index (κ1) is 30.6. The second-order valence-corrected chi connectivity index (χ2v) is 13.3. The number of nitrogens with one attached hydrogen (secondary N) is 3. The topological polar surface area (TPSA) is 60.3 Å². The van der Waals surface area contributed by atoms with Gasteiger partial charge >= 0.3 is 0 Å². The van der Waals surface area contributed by atoms with Crippen LogP contribution in [0.4, 0.5) is 8.78 Å². The number of aromatic nitrogens is 4. The van der Waals surface area contributed by atoms with Crippen molar-refractivity contribution >= 4 is 45.3 Å². The lowest BCUT2D eigenvalue weighted by Crippen LogP contribution is -1.94. The Balaban J connectivity index is 1.61. The minimum absolute atomic E-state index is 0.0991. The fourth-order valence-electron chi connectivity index (χ4n) is 7.83. The summed E-state index contributed by atoms with van der Waals surface area (Å²) < 4.78 is 31.5. The molecule has 0 aliphatic carbocycles. The molecule has 8 bridgehead atoms. The number of halogens is 2. The first-order valence-corrected chi connectivity index (χ1v) is 16.5. The zero-order valence-electron chi connectivity index (χ0n) is 28.4. The fourth-order valence-corrected chi connectivity index (χ4v) is 7.83. The number of hydrogen-bond donors (Lipinski definition) is 3. The van der Waals surface area contributed by atoms with E-state index >= 15 is 8.78 Å². The molecule has 3 N–H and O–H groups in total. The number of nitrogens with zero attached hydrogens (tertiary/aromatic N) is 1. The SMILES string of the molecule is Cc1cc(C)c(-c2c3nc(c4ccc([nH]4)c(-c4c(C)cc(C)cc4C)c4ccc([nH]4)c(-c4c(F)cccc4F)c4ccc2[nH]4)C=C3)c(C)c1. The summed E-state index contributed by atoms with van der Waals surface area (Å²) in [7, 11) is 0. The third-order valence-corrected chi connectivity index (χ3v) is 9.64. The molecule has 5 heterocycles. The van der Waals surface area contributed by atoms with Gasteiger partial charge in [-0.25, -0.2) is 13.8 Å². The van der Waals surface area contributed by atoms with Crippen molar-refractivity contribution in [3.8, 4) is 33.4 Å². The Bertz CT molecular complexity index is 2580. The Hall–Kier alpha value is -5.75.